The van der Waals surface area contributed by atoms with Crippen LogP contribution in [0.4, 0.5) is 0 Å². The Morgan fingerprint density at radius 2 is 1.88 bits per heavy atom. The Morgan fingerprint density at radius 3 is 2.62 bits per heavy atom. The van der Waals surface area contributed by atoms with Crippen LogP contribution in [0.25, 0.3) is 0 Å². The number of ether oxygens (including phenoxy) is 1. The minimum absolute atomic E-state index is 0.00240. The van der Waals surface area contributed by atoms with Crippen LogP contribution in [0.3, 0.4) is 0 Å². The van der Waals surface area contributed by atoms with Gasteiger partial charge in [-0.15, -0.1) is 11.3 Å². The minimum Gasteiger partial charge on any atom is -0.488 e. The van der Waals surface area contributed by atoms with Crippen molar-refractivity contribution in [3.05, 3.63) is 45.9 Å². The first-order valence-corrected chi connectivity index (χ1v) is 16.1. The van der Waals surface area contributed by atoms with Crippen LogP contribution in [-0.2, 0) is 20.8 Å². The van der Waals surface area contributed by atoms with E-state index >= 15 is 0 Å². The van der Waals surface area contributed by atoms with Gasteiger partial charge in [0.2, 0.25) is 17.7 Å². The molecule has 10 nitrogen and oxygen atoms in total. The third-order valence-electron chi connectivity index (χ3n) is 9.37. The zero-order chi connectivity index (χ0) is 29.2. The standard InChI is InChI=1S/C31H39N5O5S/c1-32-29(38)22-7-2-3-8-23(22)30(39)36-15-11-20-6-4-9-25(28(20)24(36)18-34-13-5-10-27(34)37)41-21-12-14-35(17-21)31(40)26-16-33-19-42-26/h4,6,9,16,19,21-24H,2-3,5,7-8,10-15,17-18H2,1H3,(H,32,38)/t21-,22-,23+,24+/m0/s1. The lowest BCUT2D eigenvalue weighted by Crippen LogP contribution is -2.50. The average Bonchev–Trinajstić information content (AvgIpc) is 3.80. The van der Waals surface area contributed by atoms with Crippen molar-refractivity contribution in [3.63, 3.8) is 0 Å². The first kappa shape index (κ1) is 28.6. The summed E-state index contributed by atoms with van der Waals surface area (Å²) in [6.07, 6.45) is 7.44. The molecule has 0 spiro atoms. The van der Waals surface area contributed by atoms with Gasteiger partial charge in [0.1, 0.15) is 16.7 Å². The monoisotopic (exact) mass is 593 g/mol. The molecule has 4 aliphatic rings. The first-order chi connectivity index (χ1) is 20.4. The molecule has 1 aliphatic carbocycles. The number of likely N-dealkylation sites (tertiary alicyclic amines) is 2. The van der Waals surface area contributed by atoms with Crippen molar-refractivity contribution in [2.75, 3.05) is 39.8 Å². The summed E-state index contributed by atoms with van der Waals surface area (Å²) in [5.41, 5.74) is 3.74. The number of thiazole rings is 1. The van der Waals surface area contributed by atoms with E-state index < -0.39 is 0 Å². The van der Waals surface area contributed by atoms with Gasteiger partial charge in [-0.3, -0.25) is 24.2 Å². The normalized spacial score (nSPS) is 25.8. The third-order valence-corrected chi connectivity index (χ3v) is 10.1. The van der Waals surface area contributed by atoms with Crippen LogP contribution < -0.4 is 10.1 Å². The zero-order valence-corrected chi connectivity index (χ0v) is 24.9. The number of amides is 4. The highest BCUT2D eigenvalue weighted by atomic mass is 32.1. The Balaban J connectivity index is 1.28. The van der Waals surface area contributed by atoms with Gasteiger partial charge in [0.25, 0.3) is 5.91 Å². The van der Waals surface area contributed by atoms with E-state index in [1.807, 2.05) is 26.8 Å². The number of nitrogens with zero attached hydrogens (tertiary/aromatic N) is 4. The van der Waals surface area contributed by atoms with Gasteiger partial charge in [-0.05, 0) is 37.3 Å². The van der Waals surface area contributed by atoms with E-state index in [0.29, 0.717) is 75.5 Å². The van der Waals surface area contributed by atoms with Crippen LogP contribution in [0.15, 0.2) is 29.9 Å². The topological polar surface area (TPSA) is 112 Å². The van der Waals surface area contributed by atoms with Crippen molar-refractivity contribution in [1.82, 2.24) is 25.0 Å². The molecule has 2 aromatic rings. The summed E-state index contributed by atoms with van der Waals surface area (Å²) in [5, 5.41) is 2.77. The van der Waals surface area contributed by atoms with Crippen molar-refractivity contribution in [2.45, 2.75) is 63.5 Å². The highest BCUT2D eigenvalue weighted by Crippen LogP contribution is 2.41. The summed E-state index contributed by atoms with van der Waals surface area (Å²) in [7, 11) is 1.63. The van der Waals surface area contributed by atoms with E-state index in [9.17, 15) is 19.2 Å². The van der Waals surface area contributed by atoms with Gasteiger partial charge >= 0.3 is 0 Å². The van der Waals surface area contributed by atoms with Gasteiger partial charge in [-0.2, -0.15) is 0 Å². The molecule has 6 rings (SSSR count). The lowest BCUT2D eigenvalue weighted by Gasteiger charge is -2.43. The number of nitrogens with one attached hydrogen (secondary N) is 1. The molecule has 3 fully saturated rings. The first-order valence-electron chi connectivity index (χ1n) is 15.2. The quantitative estimate of drug-likeness (QED) is 0.528. The van der Waals surface area contributed by atoms with Gasteiger partial charge in [0.05, 0.1) is 24.3 Å². The molecule has 0 bridgehead atoms. The van der Waals surface area contributed by atoms with E-state index in [0.717, 1.165) is 30.4 Å². The summed E-state index contributed by atoms with van der Waals surface area (Å²) < 4.78 is 6.63. The maximum absolute atomic E-state index is 14.3. The van der Waals surface area contributed by atoms with Gasteiger partial charge in [-0.25, -0.2) is 0 Å². The highest BCUT2D eigenvalue weighted by molar-refractivity contribution is 7.11. The molecule has 4 amide bonds. The second-order valence-electron chi connectivity index (χ2n) is 11.8. The molecule has 1 N–H and O–H groups in total. The summed E-state index contributed by atoms with van der Waals surface area (Å²) >= 11 is 1.34. The molecule has 3 aliphatic heterocycles. The average molecular weight is 594 g/mol. The number of hydrogen-bond donors (Lipinski definition) is 1. The van der Waals surface area contributed by atoms with Crippen molar-refractivity contribution in [2.24, 2.45) is 11.8 Å². The van der Waals surface area contributed by atoms with E-state index in [2.05, 4.69) is 16.4 Å². The van der Waals surface area contributed by atoms with Crippen LogP contribution in [0.5, 0.6) is 5.75 Å². The van der Waals surface area contributed by atoms with Crippen molar-refractivity contribution in [3.8, 4) is 5.75 Å². The van der Waals surface area contributed by atoms with Gasteiger partial charge in [0.15, 0.2) is 0 Å². The van der Waals surface area contributed by atoms with Crippen molar-refractivity contribution >= 4 is 35.0 Å². The molecule has 0 unspecified atom stereocenters. The molecular formula is C31H39N5O5S. The van der Waals surface area contributed by atoms with E-state index in [1.165, 1.54) is 11.3 Å². The number of carbonyl (C=O) groups excluding carboxylic acids is 4. The molecule has 4 atom stereocenters. The number of aromatic nitrogens is 1. The Hall–Kier alpha value is -3.47. The predicted octanol–water partition coefficient (Wildman–Crippen LogP) is 3.04. The summed E-state index contributed by atoms with van der Waals surface area (Å²) in [6, 6.07) is 5.67. The van der Waals surface area contributed by atoms with Crippen LogP contribution in [0.1, 0.15) is 71.8 Å². The highest BCUT2D eigenvalue weighted by Gasteiger charge is 2.43. The fraction of sp³-hybridized carbons (Fsp3) is 0.581. The second kappa shape index (κ2) is 12.4. The third kappa shape index (κ3) is 5.63. The Morgan fingerprint density at radius 1 is 1.05 bits per heavy atom. The van der Waals surface area contributed by atoms with Crippen LogP contribution in [0.2, 0.25) is 0 Å². The lowest BCUT2D eigenvalue weighted by atomic mass is 9.77. The van der Waals surface area contributed by atoms with Crippen molar-refractivity contribution in [1.29, 1.82) is 0 Å². The number of carbonyl (C=O) groups is 4. The summed E-state index contributed by atoms with van der Waals surface area (Å²) in [5.74, 6) is 0.0261. The van der Waals surface area contributed by atoms with Gasteiger partial charge in [0, 0.05) is 63.5 Å². The molecule has 1 saturated carbocycles. The summed E-state index contributed by atoms with van der Waals surface area (Å²) in [4.78, 5) is 63.0. The van der Waals surface area contributed by atoms with Crippen LogP contribution in [-0.4, -0.2) is 89.2 Å². The Kier molecular flexibility index (Phi) is 8.46. The molecule has 42 heavy (non-hydrogen) atoms. The molecule has 4 heterocycles. The largest absolute Gasteiger partial charge is 0.488 e. The van der Waals surface area contributed by atoms with Gasteiger partial charge in [-0.1, -0.05) is 25.0 Å². The van der Waals surface area contributed by atoms with Crippen LogP contribution >= 0.6 is 11.3 Å². The van der Waals surface area contributed by atoms with Crippen molar-refractivity contribution < 1.29 is 23.9 Å². The predicted molar refractivity (Wildman–Crippen MR) is 157 cm³/mol. The molecular weight excluding hydrogens is 554 g/mol. The molecule has 0 radical (unpaired) electrons. The molecule has 2 saturated heterocycles. The second-order valence-corrected chi connectivity index (χ2v) is 12.7. The minimum atomic E-state index is -0.369. The molecule has 224 valence electrons. The fourth-order valence-electron chi connectivity index (χ4n) is 7.20. The molecule has 11 heteroatoms. The SMILES string of the molecule is CNC(=O)[C@H]1CCCC[C@H]1C(=O)N1CCc2cccc(O[C@H]3CCN(C(=O)c4cncs4)C3)c2[C@H]1CN1CCCC1=O. The summed E-state index contributed by atoms with van der Waals surface area (Å²) in [6.45, 7) is 2.72. The van der Waals surface area contributed by atoms with E-state index in [4.69, 9.17) is 4.74 Å². The number of fused-ring (bicyclic) bond motifs is 1. The smallest absolute Gasteiger partial charge is 0.265 e. The Bertz CT molecular complexity index is 1330. The van der Waals surface area contributed by atoms with E-state index in [-0.39, 0.29) is 47.6 Å². The lowest BCUT2D eigenvalue weighted by molar-refractivity contribution is -0.147. The zero-order valence-electron chi connectivity index (χ0n) is 24.1. The maximum Gasteiger partial charge on any atom is 0.265 e. The fourth-order valence-corrected chi connectivity index (χ4v) is 7.79. The maximum atomic E-state index is 14.3. The Labute approximate surface area is 250 Å². The molecule has 1 aromatic heterocycles. The number of rotatable bonds is 7. The number of hydrogen-bond acceptors (Lipinski definition) is 7. The molecule has 1 aromatic carbocycles. The van der Waals surface area contributed by atoms with Gasteiger partial charge < -0.3 is 24.8 Å². The number of benzene rings is 1. The van der Waals surface area contributed by atoms with E-state index in [1.54, 1.807) is 18.8 Å². The van der Waals surface area contributed by atoms with Crippen LogP contribution in [0, 0.1) is 11.8 Å².